The van der Waals surface area contributed by atoms with Gasteiger partial charge in [-0.05, 0) is 37.1 Å². The molecule has 0 saturated heterocycles. The molecule has 0 saturated carbocycles. The third-order valence-corrected chi connectivity index (χ3v) is 2.47. The lowest BCUT2D eigenvalue weighted by Crippen LogP contribution is -2.37. The molecule has 1 aromatic rings. The highest BCUT2D eigenvalue weighted by molar-refractivity contribution is 5.22. The minimum atomic E-state index is -1.03. The van der Waals surface area contributed by atoms with Crippen molar-refractivity contribution in [2.75, 3.05) is 13.1 Å². The van der Waals surface area contributed by atoms with Crippen LogP contribution in [0.15, 0.2) is 24.3 Å². The highest BCUT2D eigenvalue weighted by atomic mass is 19.1. The van der Waals surface area contributed by atoms with Gasteiger partial charge in [0, 0.05) is 6.54 Å². The summed E-state index contributed by atoms with van der Waals surface area (Å²) in [6.45, 7) is 7.16. The lowest BCUT2D eigenvalue weighted by Gasteiger charge is -2.25. The van der Waals surface area contributed by atoms with E-state index < -0.39 is 5.60 Å². The maximum atomic E-state index is 13.0. The van der Waals surface area contributed by atoms with Crippen molar-refractivity contribution in [3.8, 4) is 0 Å². The standard InChI is InChI=1S/C13H20FNO/c1-10(2)8-15-9-13(3,16)11-5-4-6-12(14)7-11/h4-7,10,15-16H,8-9H2,1-3H3. The van der Waals surface area contributed by atoms with Crippen LogP contribution in [0.2, 0.25) is 0 Å². The second-order valence-electron chi connectivity index (χ2n) is 4.81. The third-order valence-electron chi connectivity index (χ3n) is 2.47. The Bertz CT molecular complexity index is 336. The largest absolute Gasteiger partial charge is 0.384 e. The molecule has 2 N–H and O–H groups in total. The molecular formula is C13H20FNO. The van der Waals surface area contributed by atoms with E-state index in [9.17, 15) is 9.50 Å². The number of hydrogen-bond acceptors (Lipinski definition) is 2. The molecule has 0 bridgehead atoms. The molecule has 90 valence electrons. The molecule has 0 aliphatic carbocycles. The summed E-state index contributed by atoms with van der Waals surface area (Å²) >= 11 is 0. The normalized spacial score (nSPS) is 15.1. The van der Waals surface area contributed by atoms with Crippen molar-refractivity contribution < 1.29 is 9.50 Å². The molecule has 0 heterocycles. The maximum Gasteiger partial charge on any atom is 0.123 e. The van der Waals surface area contributed by atoms with Crippen molar-refractivity contribution in [3.05, 3.63) is 35.6 Å². The van der Waals surface area contributed by atoms with Crippen molar-refractivity contribution in [3.63, 3.8) is 0 Å². The monoisotopic (exact) mass is 225 g/mol. The molecule has 1 unspecified atom stereocenters. The molecule has 0 aliphatic heterocycles. The Hall–Kier alpha value is -0.930. The van der Waals surface area contributed by atoms with E-state index in [0.717, 1.165) is 6.54 Å². The zero-order valence-electron chi connectivity index (χ0n) is 10.1. The Morgan fingerprint density at radius 3 is 2.69 bits per heavy atom. The summed E-state index contributed by atoms with van der Waals surface area (Å²) in [6.07, 6.45) is 0. The van der Waals surface area contributed by atoms with E-state index >= 15 is 0 Å². The second-order valence-corrected chi connectivity index (χ2v) is 4.81. The van der Waals surface area contributed by atoms with Gasteiger partial charge in [0.2, 0.25) is 0 Å². The minimum Gasteiger partial charge on any atom is -0.384 e. The van der Waals surface area contributed by atoms with Gasteiger partial charge in [-0.15, -0.1) is 0 Å². The fraction of sp³-hybridized carbons (Fsp3) is 0.538. The van der Waals surface area contributed by atoms with Gasteiger partial charge in [-0.1, -0.05) is 26.0 Å². The van der Waals surface area contributed by atoms with Crippen LogP contribution in [0.3, 0.4) is 0 Å². The molecule has 1 aromatic carbocycles. The molecule has 0 aromatic heterocycles. The number of halogens is 1. The van der Waals surface area contributed by atoms with E-state index in [-0.39, 0.29) is 5.82 Å². The lowest BCUT2D eigenvalue weighted by molar-refractivity contribution is 0.0561. The summed E-state index contributed by atoms with van der Waals surface area (Å²) in [4.78, 5) is 0. The van der Waals surface area contributed by atoms with E-state index in [1.807, 2.05) is 0 Å². The quantitative estimate of drug-likeness (QED) is 0.805. The summed E-state index contributed by atoms with van der Waals surface area (Å²) in [5.74, 6) is 0.213. The fourth-order valence-corrected chi connectivity index (χ4v) is 1.53. The summed E-state index contributed by atoms with van der Waals surface area (Å²) in [6, 6.07) is 6.10. The molecule has 0 amide bonds. The first kappa shape index (κ1) is 13.1. The zero-order valence-corrected chi connectivity index (χ0v) is 10.1. The molecule has 0 spiro atoms. The van der Waals surface area contributed by atoms with E-state index in [1.54, 1.807) is 19.1 Å². The number of nitrogens with one attached hydrogen (secondary N) is 1. The first-order chi connectivity index (χ1) is 7.42. The van der Waals surface area contributed by atoms with Crippen LogP contribution in [-0.4, -0.2) is 18.2 Å². The average Bonchev–Trinajstić information content (AvgIpc) is 2.16. The predicted octanol–water partition coefficient (Wildman–Crippen LogP) is 2.28. The molecule has 16 heavy (non-hydrogen) atoms. The van der Waals surface area contributed by atoms with Gasteiger partial charge in [0.05, 0.1) is 5.60 Å². The third kappa shape index (κ3) is 3.91. The average molecular weight is 225 g/mol. The Morgan fingerprint density at radius 1 is 1.44 bits per heavy atom. The van der Waals surface area contributed by atoms with Crippen LogP contribution in [0.4, 0.5) is 4.39 Å². The molecule has 2 nitrogen and oxygen atoms in total. The summed E-state index contributed by atoms with van der Waals surface area (Å²) in [5, 5.41) is 13.4. The van der Waals surface area contributed by atoms with Crippen LogP contribution in [0, 0.1) is 11.7 Å². The van der Waals surface area contributed by atoms with Gasteiger partial charge in [-0.3, -0.25) is 0 Å². The van der Waals surface area contributed by atoms with Gasteiger partial charge in [0.25, 0.3) is 0 Å². The van der Waals surface area contributed by atoms with Crippen LogP contribution >= 0.6 is 0 Å². The van der Waals surface area contributed by atoms with E-state index in [0.29, 0.717) is 18.0 Å². The molecule has 0 fully saturated rings. The zero-order chi connectivity index (χ0) is 12.2. The summed E-state index contributed by atoms with van der Waals surface area (Å²) in [5.41, 5.74) is -0.430. The van der Waals surface area contributed by atoms with Crippen LogP contribution < -0.4 is 5.32 Å². The highest BCUT2D eigenvalue weighted by Gasteiger charge is 2.22. The van der Waals surface area contributed by atoms with Crippen molar-refractivity contribution in [2.24, 2.45) is 5.92 Å². The van der Waals surface area contributed by atoms with Crippen molar-refractivity contribution >= 4 is 0 Å². The topological polar surface area (TPSA) is 32.3 Å². The fourth-order valence-electron chi connectivity index (χ4n) is 1.53. The van der Waals surface area contributed by atoms with Crippen molar-refractivity contribution in [2.45, 2.75) is 26.4 Å². The Balaban J connectivity index is 2.62. The summed E-state index contributed by atoms with van der Waals surface area (Å²) in [7, 11) is 0. The van der Waals surface area contributed by atoms with Gasteiger partial charge in [0.1, 0.15) is 5.82 Å². The van der Waals surface area contributed by atoms with E-state index in [2.05, 4.69) is 19.2 Å². The Kier molecular flexibility index (Phi) is 4.44. The highest BCUT2D eigenvalue weighted by Crippen LogP contribution is 2.20. The molecule has 0 radical (unpaired) electrons. The number of rotatable bonds is 5. The predicted molar refractivity (Wildman–Crippen MR) is 63.7 cm³/mol. The Morgan fingerprint density at radius 2 is 2.12 bits per heavy atom. The van der Waals surface area contributed by atoms with Crippen LogP contribution in [0.1, 0.15) is 26.3 Å². The summed E-state index contributed by atoms with van der Waals surface area (Å²) < 4.78 is 13.0. The van der Waals surface area contributed by atoms with Gasteiger partial charge >= 0.3 is 0 Å². The number of hydrogen-bond donors (Lipinski definition) is 2. The minimum absolute atomic E-state index is 0.318. The first-order valence-electron chi connectivity index (χ1n) is 5.61. The second kappa shape index (κ2) is 5.41. The van der Waals surface area contributed by atoms with Crippen LogP contribution in [0.25, 0.3) is 0 Å². The van der Waals surface area contributed by atoms with Gasteiger partial charge < -0.3 is 10.4 Å². The first-order valence-corrected chi connectivity index (χ1v) is 5.61. The number of aliphatic hydroxyl groups is 1. The maximum absolute atomic E-state index is 13.0. The molecule has 0 aliphatic rings. The lowest BCUT2D eigenvalue weighted by atomic mass is 9.96. The number of benzene rings is 1. The SMILES string of the molecule is CC(C)CNCC(C)(O)c1cccc(F)c1. The van der Waals surface area contributed by atoms with Crippen molar-refractivity contribution in [1.29, 1.82) is 0 Å². The van der Waals surface area contributed by atoms with Gasteiger partial charge in [-0.2, -0.15) is 0 Å². The van der Waals surface area contributed by atoms with Crippen LogP contribution in [0.5, 0.6) is 0 Å². The van der Waals surface area contributed by atoms with E-state index in [1.165, 1.54) is 12.1 Å². The van der Waals surface area contributed by atoms with Gasteiger partial charge in [-0.25, -0.2) is 4.39 Å². The van der Waals surface area contributed by atoms with E-state index in [4.69, 9.17) is 0 Å². The van der Waals surface area contributed by atoms with Gasteiger partial charge in [0.15, 0.2) is 0 Å². The molecule has 3 heteroatoms. The molecular weight excluding hydrogens is 205 g/mol. The van der Waals surface area contributed by atoms with Crippen LogP contribution in [-0.2, 0) is 5.60 Å². The molecule has 1 atom stereocenters. The smallest absolute Gasteiger partial charge is 0.123 e. The Labute approximate surface area is 96.5 Å². The van der Waals surface area contributed by atoms with Crippen molar-refractivity contribution in [1.82, 2.24) is 5.32 Å². The molecule has 1 rings (SSSR count).